The van der Waals surface area contributed by atoms with Crippen molar-refractivity contribution in [3.63, 3.8) is 0 Å². The van der Waals surface area contributed by atoms with E-state index in [1.165, 1.54) is 16.2 Å². The van der Waals surface area contributed by atoms with Gasteiger partial charge in [0.25, 0.3) is 0 Å². The largest absolute Gasteiger partial charge is 0.281 e. The van der Waals surface area contributed by atoms with Crippen LogP contribution in [0.3, 0.4) is 0 Å². The minimum Gasteiger partial charge on any atom is -0.281 e. The Labute approximate surface area is 96.0 Å². The van der Waals surface area contributed by atoms with E-state index in [-0.39, 0.29) is 5.41 Å². The summed E-state index contributed by atoms with van der Waals surface area (Å²) in [5.74, 6) is 1.14. The average Bonchev–Trinajstić information content (AvgIpc) is 2.71. The van der Waals surface area contributed by atoms with Crippen LogP contribution in [-0.2, 0) is 5.41 Å². The zero-order chi connectivity index (χ0) is 10.9. The zero-order valence-electron chi connectivity index (χ0n) is 9.58. The van der Waals surface area contributed by atoms with Crippen LogP contribution in [0.5, 0.6) is 0 Å². The second-order valence-corrected chi connectivity index (χ2v) is 5.61. The first-order valence-electron chi connectivity index (χ1n) is 5.35. The van der Waals surface area contributed by atoms with Crippen LogP contribution in [0, 0.1) is 6.92 Å². The molecule has 80 valence electrons. The highest BCUT2D eigenvalue weighted by molar-refractivity contribution is 8.14. The molecule has 0 unspecified atom stereocenters. The average molecular weight is 219 g/mol. The van der Waals surface area contributed by atoms with Gasteiger partial charge < -0.3 is 0 Å². The Morgan fingerprint density at radius 2 is 1.87 bits per heavy atom. The molecule has 1 aromatic carbocycles. The maximum Gasteiger partial charge on any atom is 0.0777 e. The first kappa shape index (κ1) is 10.7. The van der Waals surface area contributed by atoms with Gasteiger partial charge in [-0.15, -0.1) is 11.8 Å². The predicted molar refractivity (Wildman–Crippen MR) is 69.0 cm³/mol. The van der Waals surface area contributed by atoms with E-state index in [9.17, 15) is 0 Å². The second-order valence-electron chi connectivity index (χ2n) is 4.53. The molecule has 2 rings (SSSR count). The van der Waals surface area contributed by atoms with Crippen LogP contribution in [-0.4, -0.2) is 17.3 Å². The molecule has 0 radical (unpaired) electrons. The van der Waals surface area contributed by atoms with Gasteiger partial charge in [0.1, 0.15) is 0 Å². The fourth-order valence-electron chi connectivity index (χ4n) is 1.81. The predicted octanol–water partition coefficient (Wildman–Crippen LogP) is 3.42. The van der Waals surface area contributed by atoms with Crippen molar-refractivity contribution in [1.82, 2.24) is 0 Å². The minimum atomic E-state index is 0.0782. The third-order valence-electron chi connectivity index (χ3n) is 2.89. The second kappa shape index (κ2) is 4.01. The summed E-state index contributed by atoms with van der Waals surface area (Å²) in [6, 6.07) is 8.79. The number of thioether (sulfide) groups is 1. The van der Waals surface area contributed by atoms with Gasteiger partial charge in [0.05, 0.1) is 5.04 Å². The van der Waals surface area contributed by atoms with Crippen molar-refractivity contribution in [2.24, 2.45) is 4.99 Å². The smallest absolute Gasteiger partial charge is 0.0777 e. The van der Waals surface area contributed by atoms with Gasteiger partial charge in [-0.1, -0.05) is 29.8 Å². The molecule has 1 aliphatic heterocycles. The van der Waals surface area contributed by atoms with Crippen LogP contribution in [0.4, 0.5) is 0 Å². The van der Waals surface area contributed by atoms with Crippen molar-refractivity contribution in [2.75, 3.05) is 12.3 Å². The van der Waals surface area contributed by atoms with Gasteiger partial charge in [0.15, 0.2) is 0 Å². The fourth-order valence-corrected chi connectivity index (χ4v) is 2.84. The van der Waals surface area contributed by atoms with Crippen LogP contribution >= 0.6 is 11.8 Å². The molecular weight excluding hydrogens is 202 g/mol. The quantitative estimate of drug-likeness (QED) is 0.742. The first-order chi connectivity index (χ1) is 7.10. The maximum atomic E-state index is 4.59. The molecule has 1 heterocycles. The molecule has 0 amide bonds. The Kier molecular flexibility index (Phi) is 2.87. The first-order valence-corrected chi connectivity index (χ1v) is 6.34. The molecule has 0 atom stereocenters. The summed E-state index contributed by atoms with van der Waals surface area (Å²) >= 11 is 1.90. The number of benzene rings is 1. The van der Waals surface area contributed by atoms with E-state index in [1.807, 2.05) is 11.8 Å². The van der Waals surface area contributed by atoms with E-state index >= 15 is 0 Å². The molecule has 0 saturated heterocycles. The lowest BCUT2D eigenvalue weighted by molar-refractivity contribution is 0.727. The van der Waals surface area contributed by atoms with Gasteiger partial charge in [-0.25, -0.2) is 0 Å². The van der Waals surface area contributed by atoms with E-state index in [1.54, 1.807) is 0 Å². The van der Waals surface area contributed by atoms with Crippen LogP contribution in [0.2, 0.25) is 0 Å². The van der Waals surface area contributed by atoms with Crippen molar-refractivity contribution in [3.05, 3.63) is 35.4 Å². The standard InChI is InChI=1S/C13H17NS/c1-10-4-6-11(7-5-10)13(2,3)12-14-8-9-15-12/h4-7H,8-9H2,1-3H3. The van der Waals surface area contributed by atoms with E-state index in [0.29, 0.717) is 0 Å². The number of aliphatic imine (C=N–C) groups is 1. The molecule has 1 nitrogen and oxygen atoms in total. The summed E-state index contributed by atoms with van der Waals surface area (Å²) in [5.41, 5.74) is 2.76. The molecule has 1 aromatic rings. The lowest BCUT2D eigenvalue weighted by Crippen LogP contribution is -2.25. The Morgan fingerprint density at radius 1 is 1.20 bits per heavy atom. The summed E-state index contributed by atoms with van der Waals surface area (Å²) < 4.78 is 0. The molecule has 0 N–H and O–H groups in total. The molecule has 0 bridgehead atoms. The van der Waals surface area contributed by atoms with Gasteiger partial charge >= 0.3 is 0 Å². The molecule has 0 fully saturated rings. The van der Waals surface area contributed by atoms with Crippen molar-refractivity contribution >= 4 is 16.8 Å². The third kappa shape index (κ3) is 2.10. The summed E-state index contributed by atoms with van der Waals surface area (Å²) in [4.78, 5) is 4.59. The Morgan fingerprint density at radius 3 is 2.40 bits per heavy atom. The summed E-state index contributed by atoms with van der Waals surface area (Å²) in [5, 5.41) is 1.28. The Bertz CT molecular complexity index is 376. The number of aryl methyl sites for hydroxylation is 1. The van der Waals surface area contributed by atoms with Crippen molar-refractivity contribution in [3.8, 4) is 0 Å². The van der Waals surface area contributed by atoms with Crippen LogP contribution in [0.1, 0.15) is 25.0 Å². The SMILES string of the molecule is Cc1ccc(C(C)(C)C2=NCCS2)cc1. The lowest BCUT2D eigenvalue weighted by Gasteiger charge is -2.25. The van der Waals surface area contributed by atoms with Crippen molar-refractivity contribution < 1.29 is 0 Å². The molecule has 0 aliphatic carbocycles. The third-order valence-corrected chi connectivity index (χ3v) is 4.19. The molecule has 2 heteroatoms. The molecule has 0 spiro atoms. The molecule has 1 aliphatic rings. The normalized spacial score (nSPS) is 16.6. The topological polar surface area (TPSA) is 12.4 Å². The maximum absolute atomic E-state index is 4.59. The Balaban J connectivity index is 2.32. The Hall–Kier alpha value is -0.760. The van der Waals surface area contributed by atoms with Crippen molar-refractivity contribution in [2.45, 2.75) is 26.2 Å². The minimum absolute atomic E-state index is 0.0782. The zero-order valence-corrected chi connectivity index (χ0v) is 10.4. The number of hydrogen-bond donors (Lipinski definition) is 0. The van der Waals surface area contributed by atoms with Crippen LogP contribution in [0.15, 0.2) is 29.3 Å². The summed E-state index contributed by atoms with van der Waals surface area (Å²) in [6.45, 7) is 7.62. The lowest BCUT2D eigenvalue weighted by atomic mass is 9.85. The van der Waals surface area contributed by atoms with E-state index in [0.717, 1.165) is 12.3 Å². The molecule has 0 saturated carbocycles. The monoisotopic (exact) mass is 219 g/mol. The molecule has 0 aromatic heterocycles. The van der Waals surface area contributed by atoms with Gasteiger partial charge in [-0.05, 0) is 26.3 Å². The molecule has 15 heavy (non-hydrogen) atoms. The number of nitrogens with zero attached hydrogens (tertiary/aromatic N) is 1. The van der Waals surface area contributed by atoms with Crippen molar-refractivity contribution in [1.29, 1.82) is 0 Å². The fraction of sp³-hybridized carbons (Fsp3) is 0.462. The number of hydrogen-bond acceptors (Lipinski definition) is 2. The molecular formula is C13H17NS. The van der Waals surface area contributed by atoms with Gasteiger partial charge in [-0.2, -0.15) is 0 Å². The van der Waals surface area contributed by atoms with Gasteiger partial charge in [0.2, 0.25) is 0 Å². The van der Waals surface area contributed by atoms with Crippen LogP contribution in [0.25, 0.3) is 0 Å². The highest BCUT2D eigenvalue weighted by Crippen LogP contribution is 2.32. The summed E-state index contributed by atoms with van der Waals surface area (Å²) in [6.07, 6.45) is 0. The van der Waals surface area contributed by atoms with Gasteiger partial charge in [0, 0.05) is 17.7 Å². The number of rotatable bonds is 2. The highest BCUT2D eigenvalue weighted by atomic mass is 32.2. The highest BCUT2D eigenvalue weighted by Gasteiger charge is 2.29. The van der Waals surface area contributed by atoms with E-state index < -0.39 is 0 Å². The van der Waals surface area contributed by atoms with Gasteiger partial charge in [-0.3, -0.25) is 4.99 Å². The van der Waals surface area contributed by atoms with Crippen LogP contribution < -0.4 is 0 Å². The van der Waals surface area contributed by atoms with E-state index in [4.69, 9.17) is 0 Å². The van der Waals surface area contributed by atoms with E-state index in [2.05, 4.69) is 50.0 Å². The summed E-state index contributed by atoms with van der Waals surface area (Å²) in [7, 11) is 0.